The summed E-state index contributed by atoms with van der Waals surface area (Å²) in [6.07, 6.45) is -4.37. The Morgan fingerprint density at radius 2 is 1.81 bits per heavy atom. The van der Waals surface area contributed by atoms with E-state index in [1.165, 1.54) is 18.2 Å². The molecular formula is C14H11BrF3NO2. The highest BCUT2D eigenvalue weighted by molar-refractivity contribution is 9.10. The number of halogens is 4. The smallest absolute Gasteiger partial charge is 0.416 e. The van der Waals surface area contributed by atoms with Crippen molar-refractivity contribution in [2.75, 3.05) is 0 Å². The third-order valence-corrected chi connectivity index (χ3v) is 3.31. The molecule has 1 N–H and O–H groups in total. The van der Waals surface area contributed by atoms with Gasteiger partial charge in [0.15, 0.2) is 10.4 Å². The Morgan fingerprint density at radius 1 is 1.19 bits per heavy atom. The van der Waals surface area contributed by atoms with Crippen LogP contribution in [0.4, 0.5) is 13.2 Å². The molecule has 0 aliphatic rings. The van der Waals surface area contributed by atoms with Crippen molar-refractivity contribution in [3.8, 4) is 0 Å². The maximum atomic E-state index is 12.5. The average Bonchev–Trinajstić information content (AvgIpc) is 2.84. The van der Waals surface area contributed by atoms with Gasteiger partial charge in [-0.05, 0) is 52.7 Å². The molecule has 21 heavy (non-hydrogen) atoms. The quantitative estimate of drug-likeness (QED) is 0.871. The molecule has 1 aromatic carbocycles. The third-order valence-electron chi connectivity index (χ3n) is 2.88. The van der Waals surface area contributed by atoms with E-state index in [0.717, 1.165) is 12.1 Å². The molecule has 1 amide bonds. The first-order chi connectivity index (χ1) is 9.77. The van der Waals surface area contributed by atoms with E-state index in [2.05, 4.69) is 21.2 Å². The van der Waals surface area contributed by atoms with E-state index in [9.17, 15) is 18.0 Å². The van der Waals surface area contributed by atoms with Crippen molar-refractivity contribution in [2.45, 2.75) is 19.1 Å². The summed E-state index contributed by atoms with van der Waals surface area (Å²) in [5.74, 6) is -0.311. The molecule has 0 radical (unpaired) electrons. The molecule has 112 valence electrons. The monoisotopic (exact) mass is 361 g/mol. The molecule has 0 bridgehead atoms. The highest BCUT2D eigenvalue weighted by Crippen LogP contribution is 2.29. The summed E-state index contributed by atoms with van der Waals surface area (Å²) in [6, 6.07) is 7.29. The van der Waals surface area contributed by atoms with Gasteiger partial charge in [-0.1, -0.05) is 12.1 Å². The van der Waals surface area contributed by atoms with E-state index >= 15 is 0 Å². The minimum Gasteiger partial charge on any atom is -0.444 e. The van der Waals surface area contributed by atoms with E-state index in [1.54, 1.807) is 13.0 Å². The Labute approximate surface area is 127 Å². The molecule has 0 saturated carbocycles. The fourth-order valence-electron chi connectivity index (χ4n) is 1.75. The number of amides is 1. The molecule has 0 saturated heterocycles. The van der Waals surface area contributed by atoms with Crippen LogP contribution in [0.1, 0.15) is 34.6 Å². The Morgan fingerprint density at radius 3 is 2.29 bits per heavy atom. The summed E-state index contributed by atoms with van der Waals surface area (Å²) in [5, 5.41) is 2.65. The van der Waals surface area contributed by atoms with Gasteiger partial charge in [-0.15, -0.1) is 0 Å². The minimum absolute atomic E-state index is 0.126. The molecule has 0 aliphatic heterocycles. The van der Waals surface area contributed by atoms with E-state index in [1.807, 2.05) is 0 Å². The van der Waals surface area contributed by atoms with Gasteiger partial charge in [0.2, 0.25) is 0 Å². The van der Waals surface area contributed by atoms with E-state index < -0.39 is 23.7 Å². The van der Waals surface area contributed by atoms with Crippen LogP contribution in [0.3, 0.4) is 0 Å². The summed E-state index contributed by atoms with van der Waals surface area (Å²) in [6.45, 7) is 1.68. The molecule has 0 unspecified atom stereocenters. The van der Waals surface area contributed by atoms with Gasteiger partial charge in [0.05, 0.1) is 11.6 Å². The van der Waals surface area contributed by atoms with Crippen LogP contribution < -0.4 is 5.32 Å². The molecule has 0 aliphatic carbocycles. The number of hydrogen-bond donors (Lipinski definition) is 1. The van der Waals surface area contributed by atoms with Crippen LogP contribution in [0.25, 0.3) is 0 Å². The first-order valence-electron chi connectivity index (χ1n) is 6.01. The molecule has 0 fully saturated rings. The molecule has 2 aromatic rings. The van der Waals surface area contributed by atoms with Crippen LogP contribution in [0.2, 0.25) is 0 Å². The van der Waals surface area contributed by atoms with Crippen LogP contribution >= 0.6 is 15.9 Å². The molecule has 1 atom stereocenters. The van der Waals surface area contributed by atoms with Crippen molar-refractivity contribution in [1.82, 2.24) is 5.32 Å². The van der Waals surface area contributed by atoms with Crippen LogP contribution in [0, 0.1) is 0 Å². The number of benzene rings is 1. The van der Waals surface area contributed by atoms with Crippen molar-refractivity contribution in [2.24, 2.45) is 0 Å². The zero-order valence-corrected chi connectivity index (χ0v) is 12.5. The average molecular weight is 362 g/mol. The first-order valence-corrected chi connectivity index (χ1v) is 6.80. The molecule has 2 rings (SSSR count). The van der Waals surface area contributed by atoms with Crippen molar-refractivity contribution < 1.29 is 22.4 Å². The van der Waals surface area contributed by atoms with Gasteiger partial charge < -0.3 is 9.73 Å². The summed E-state index contributed by atoms with van der Waals surface area (Å²) in [7, 11) is 0. The van der Waals surface area contributed by atoms with E-state index in [4.69, 9.17) is 4.42 Å². The standard InChI is InChI=1S/C14H11BrF3NO2/c1-8(19-13(20)11-6-7-12(15)21-11)9-2-4-10(5-3-9)14(16,17)18/h2-8H,1H3,(H,19,20)/t8-/m1/s1. The number of carbonyl (C=O) groups is 1. The number of rotatable bonds is 3. The van der Waals surface area contributed by atoms with E-state index in [0.29, 0.717) is 10.2 Å². The van der Waals surface area contributed by atoms with Gasteiger partial charge in [0.25, 0.3) is 5.91 Å². The number of hydrogen-bond acceptors (Lipinski definition) is 2. The van der Waals surface area contributed by atoms with Gasteiger partial charge in [0, 0.05) is 0 Å². The summed E-state index contributed by atoms with van der Waals surface area (Å²) in [5.41, 5.74) is -0.151. The Kier molecular flexibility index (Phi) is 4.41. The Balaban J connectivity index is 2.06. The van der Waals surface area contributed by atoms with Crippen molar-refractivity contribution in [3.05, 3.63) is 58.0 Å². The van der Waals surface area contributed by atoms with Crippen molar-refractivity contribution in [1.29, 1.82) is 0 Å². The van der Waals surface area contributed by atoms with Gasteiger partial charge in [-0.3, -0.25) is 4.79 Å². The van der Waals surface area contributed by atoms with Gasteiger partial charge in [0.1, 0.15) is 0 Å². The fraction of sp³-hybridized carbons (Fsp3) is 0.214. The highest BCUT2D eigenvalue weighted by atomic mass is 79.9. The highest BCUT2D eigenvalue weighted by Gasteiger charge is 2.30. The van der Waals surface area contributed by atoms with Gasteiger partial charge in [-0.25, -0.2) is 0 Å². The molecule has 1 heterocycles. The summed E-state index contributed by atoms with van der Waals surface area (Å²) >= 11 is 3.08. The minimum atomic E-state index is -4.37. The van der Waals surface area contributed by atoms with Crippen LogP contribution in [0.5, 0.6) is 0 Å². The molecular weight excluding hydrogens is 351 g/mol. The number of alkyl halides is 3. The third kappa shape index (κ3) is 3.87. The predicted molar refractivity (Wildman–Crippen MR) is 73.7 cm³/mol. The van der Waals surface area contributed by atoms with Gasteiger partial charge >= 0.3 is 6.18 Å². The Hall–Kier alpha value is -1.76. The number of carbonyl (C=O) groups excluding carboxylic acids is 1. The number of furan rings is 1. The molecule has 1 aromatic heterocycles. The maximum absolute atomic E-state index is 12.5. The predicted octanol–water partition coefficient (Wildman–Crippen LogP) is 4.55. The molecule has 3 nitrogen and oxygen atoms in total. The lowest BCUT2D eigenvalue weighted by Gasteiger charge is -2.14. The van der Waals surface area contributed by atoms with Crippen molar-refractivity contribution >= 4 is 21.8 Å². The lowest BCUT2D eigenvalue weighted by atomic mass is 10.1. The Bertz CT molecular complexity index is 634. The topological polar surface area (TPSA) is 42.2 Å². The van der Waals surface area contributed by atoms with Crippen LogP contribution in [-0.4, -0.2) is 5.91 Å². The normalized spacial score (nSPS) is 13.0. The maximum Gasteiger partial charge on any atom is 0.416 e. The zero-order chi connectivity index (χ0) is 15.6. The fourth-order valence-corrected chi connectivity index (χ4v) is 2.05. The summed E-state index contributed by atoms with van der Waals surface area (Å²) in [4.78, 5) is 11.9. The van der Waals surface area contributed by atoms with Gasteiger partial charge in [-0.2, -0.15) is 13.2 Å². The second-order valence-electron chi connectivity index (χ2n) is 4.42. The SMILES string of the molecule is C[C@@H](NC(=O)c1ccc(Br)o1)c1ccc(C(F)(F)F)cc1. The lowest BCUT2D eigenvalue weighted by Crippen LogP contribution is -2.26. The summed E-state index contributed by atoms with van der Waals surface area (Å²) < 4.78 is 42.9. The van der Waals surface area contributed by atoms with Crippen molar-refractivity contribution in [3.63, 3.8) is 0 Å². The largest absolute Gasteiger partial charge is 0.444 e. The van der Waals surface area contributed by atoms with E-state index in [-0.39, 0.29) is 5.76 Å². The second kappa shape index (κ2) is 5.93. The molecule has 7 heteroatoms. The number of nitrogens with one attached hydrogen (secondary N) is 1. The zero-order valence-electron chi connectivity index (χ0n) is 10.9. The van der Waals surface area contributed by atoms with Crippen LogP contribution in [-0.2, 0) is 6.18 Å². The molecule has 0 spiro atoms. The first kappa shape index (κ1) is 15.6. The second-order valence-corrected chi connectivity index (χ2v) is 5.20. The lowest BCUT2D eigenvalue weighted by molar-refractivity contribution is -0.137. The van der Waals surface area contributed by atoms with Crippen LogP contribution in [0.15, 0.2) is 45.5 Å².